The summed E-state index contributed by atoms with van der Waals surface area (Å²) in [6, 6.07) is 16.0. The zero-order chi connectivity index (χ0) is 13.7. The summed E-state index contributed by atoms with van der Waals surface area (Å²) in [6.45, 7) is 2.74. The monoisotopic (exact) mass is 275 g/mol. The summed E-state index contributed by atoms with van der Waals surface area (Å²) >= 11 is 6.22. The molecule has 1 unspecified atom stereocenters. The van der Waals surface area contributed by atoms with Crippen LogP contribution in [-0.4, -0.2) is 13.6 Å². The molecule has 0 saturated heterocycles. The van der Waals surface area contributed by atoms with Gasteiger partial charge in [0.2, 0.25) is 0 Å². The quantitative estimate of drug-likeness (QED) is 0.891. The summed E-state index contributed by atoms with van der Waals surface area (Å²) in [4.78, 5) is 0. The van der Waals surface area contributed by atoms with Crippen molar-refractivity contribution in [3.05, 3.63) is 64.7 Å². The van der Waals surface area contributed by atoms with Crippen molar-refractivity contribution in [2.75, 3.05) is 13.6 Å². The first-order valence-electron chi connectivity index (χ1n) is 6.33. The highest BCUT2D eigenvalue weighted by Crippen LogP contribution is 2.29. The average molecular weight is 276 g/mol. The van der Waals surface area contributed by atoms with Gasteiger partial charge >= 0.3 is 0 Å². The fourth-order valence-electron chi connectivity index (χ4n) is 1.94. The highest BCUT2D eigenvalue weighted by atomic mass is 35.5. The van der Waals surface area contributed by atoms with Crippen LogP contribution in [-0.2, 0) is 0 Å². The van der Waals surface area contributed by atoms with Gasteiger partial charge in [-0.2, -0.15) is 0 Å². The Morgan fingerprint density at radius 2 is 1.89 bits per heavy atom. The number of hydrogen-bond donors (Lipinski definition) is 1. The first-order chi connectivity index (χ1) is 9.20. The molecular weight excluding hydrogens is 258 g/mol. The van der Waals surface area contributed by atoms with Crippen LogP contribution in [0.25, 0.3) is 0 Å². The lowest BCUT2D eigenvalue weighted by molar-refractivity contribution is 0.205. The molecule has 0 aliphatic rings. The van der Waals surface area contributed by atoms with Gasteiger partial charge in [0.15, 0.2) is 0 Å². The molecule has 0 saturated carbocycles. The molecule has 19 heavy (non-hydrogen) atoms. The number of hydrogen-bond acceptors (Lipinski definition) is 2. The van der Waals surface area contributed by atoms with Crippen molar-refractivity contribution in [2.45, 2.75) is 13.0 Å². The van der Waals surface area contributed by atoms with E-state index in [9.17, 15) is 0 Å². The van der Waals surface area contributed by atoms with Gasteiger partial charge in [0.05, 0.1) is 5.02 Å². The van der Waals surface area contributed by atoms with E-state index in [0.29, 0.717) is 5.02 Å². The van der Waals surface area contributed by atoms with Gasteiger partial charge in [0.1, 0.15) is 11.9 Å². The molecule has 1 atom stereocenters. The molecule has 0 bridgehead atoms. The van der Waals surface area contributed by atoms with E-state index in [1.165, 1.54) is 0 Å². The zero-order valence-electron chi connectivity index (χ0n) is 11.2. The van der Waals surface area contributed by atoms with Gasteiger partial charge < -0.3 is 10.1 Å². The van der Waals surface area contributed by atoms with Gasteiger partial charge in [-0.15, -0.1) is 0 Å². The second-order valence-corrected chi connectivity index (χ2v) is 4.92. The van der Waals surface area contributed by atoms with E-state index in [-0.39, 0.29) is 6.10 Å². The molecule has 2 nitrogen and oxygen atoms in total. The van der Waals surface area contributed by atoms with Crippen molar-refractivity contribution < 1.29 is 4.74 Å². The Balaban J connectivity index is 2.21. The largest absolute Gasteiger partial charge is 0.483 e. The molecule has 2 aromatic carbocycles. The highest BCUT2D eigenvalue weighted by Gasteiger charge is 2.13. The minimum atomic E-state index is -0.0496. The topological polar surface area (TPSA) is 21.3 Å². The molecule has 2 aromatic rings. The molecule has 0 amide bonds. The Bertz CT molecular complexity index is 528. The van der Waals surface area contributed by atoms with Crippen LogP contribution in [0.15, 0.2) is 48.5 Å². The summed E-state index contributed by atoms with van der Waals surface area (Å²) < 4.78 is 6.03. The number of nitrogens with one attached hydrogen (secondary N) is 1. The second kappa shape index (κ2) is 6.60. The minimum Gasteiger partial charge on any atom is -0.483 e. The summed E-state index contributed by atoms with van der Waals surface area (Å²) in [5, 5.41) is 3.80. The van der Waals surface area contributed by atoms with Crippen molar-refractivity contribution in [2.24, 2.45) is 0 Å². The normalized spacial score (nSPS) is 12.2. The number of halogens is 1. The van der Waals surface area contributed by atoms with Crippen molar-refractivity contribution in [1.29, 1.82) is 0 Å². The number of benzene rings is 2. The van der Waals surface area contributed by atoms with Gasteiger partial charge in [0, 0.05) is 6.54 Å². The summed E-state index contributed by atoms with van der Waals surface area (Å²) in [7, 11) is 1.91. The summed E-state index contributed by atoms with van der Waals surface area (Å²) in [6.07, 6.45) is -0.0496. The fraction of sp³-hybridized carbons (Fsp3) is 0.250. The second-order valence-electron chi connectivity index (χ2n) is 4.51. The van der Waals surface area contributed by atoms with Crippen LogP contribution >= 0.6 is 11.6 Å². The maximum atomic E-state index is 6.22. The molecule has 3 heteroatoms. The van der Waals surface area contributed by atoms with Crippen molar-refractivity contribution in [3.63, 3.8) is 0 Å². The summed E-state index contributed by atoms with van der Waals surface area (Å²) in [5.41, 5.74) is 2.26. The van der Waals surface area contributed by atoms with E-state index in [1.54, 1.807) is 0 Å². The maximum absolute atomic E-state index is 6.22. The molecule has 0 spiro atoms. The molecule has 2 rings (SSSR count). The number of likely N-dealkylation sites (N-methyl/N-ethyl adjacent to an activating group) is 1. The average Bonchev–Trinajstić information content (AvgIpc) is 2.42. The van der Waals surface area contributed by atoms with Crippen molar-refractivity contribution in [3.8, 4) is 5.75 Å². The molecule has 1 N–H and O–H groups in total. The third-order valence-electron chi connectivity index (χ3n) is 2.92. The number of aryl methyl sites for hydroxylation is 1. The van der Waals surface area contributed by atoms with Gasteiger partial charge in [-0.05, 0) is 37.2 Å². The Kier molecular flexibility index (Phi) is 4.83. The molecule has 0 aliphatic heterocycles. The Labute approximate surface area is 119 Å². The lowest BCUT2D eigenvalue weighted by atomic mass is 10.1. The molecule has 0 aliphatic carbocycles. The van der Waals surface area contributed by atoms with E-state index >= 15 is 0 Å². The first-order valence-corrected chi connectivity index (χ1v) is 6.71. The molecule has 100 valence electrons. The van der Waals surface area contributed by atoms with Crippen LogP contribution in [0.2, 0.25) is 5.02 Å². The minimum absolute atomic E-state index is 0.0496. The van der Waals surface area contributed by atoms with Crippen molar-refractivity contribution in [1.82, 2.24) is 5.32 Å². The van der Waals surface area contributed by atoms with Crippen LogP contribution in [0.1, 0.15) is 17.2 Å². The zero-order valence-corrected chi connectivity index (χ0v) is 11.9. The predicted octanol–water partition coefficient (Wildman–Crippen LogP) is 3.99. The third-order valence-corrected chi connectivity index (χ3v) is 3.21. The molecule has 0 radical (unpaired) electrons. The Hall–Kier alpha value is -1.51. The van der Waals surface area contributed by atoms with Crippen LogP contribution in [0.5, 0.6) is 5.75 Å². The third kappa shape index (κ3) is 3.72. The molecular formula is C16H18ClNO. The fourth-order valence-corrected chi connectivity index (χ4v) is 2.21. The lowest BCUT2D eigenvalue weighted by Gasteiger charge is -2.20. The highest BCUT2D eigenvalue weighted by molar-refractivity contribution is 6.32. The molecule has 0 aromatic heterocycles. The van der Waals surface area contributed by atoms with Crippen molar-refractivity contribution >= 4 is 11.6 Å². The van der Waals surface area contributed by atoms with Crippen LogP contribution in [0.3, 0.4) is 0 Å². The van der Waals surface area contributed by atoms with Gasteiger partial charge in [-0.1, -0.05) is 48.0 Å². The number of rotatable bonds is 5. The predicted molar refractivity (Wildman–Crippen MR) is 79.9 cm³/mol. The lowest BCUT2D eigenvalue weighted by Crippen LogP contribution is -2.22. The van der Waals surface area contributed by atoms with E-state index in [1.807, 2.05) is 50.4 Å². The smallest absolute Gasteiger partial charge is 0.138 e. The van der Waals surface area contributed by atoms with E-state index in [4.69, 9.17) is 16.3 Å². The van der Waals surface area contributed by atoms with Crippen LogP contribution in [0.4, 0.5) is 0 Å². The SMILES string of the molecule is CNCC(Oc1ccc(C)cc1Cl)c1ccccc1. The van der Waals surface area contributed by atoms with Crippen LogP contribution in [0, 0.1) is 6.92 Å². The number of ether oxygens (including phenoxy) is 1. The Morgan fingerprint density at radius 1 is 1.16 bits per heavy atom. The Morgan fingerprint density at radius 3 is 2.53 bits per heavy atom. The summed E-state index contributed by atoms with van der Waals surface area (Å²) in [5.74, 6) is 0.719. The van der Waals surface area contributed by atoms with Gasteiger partial charge in [-0.3, -0.25) is 0 Å². The van der Waals surface area contributed by atoms with Gasteiger partial charge in [0.25, 0.3) is 0 Å². The maximum Gasteiger partial charge on any atom is 0.138 e. The van der Waals surface area contributed by atoms with Crippen LogP contribution < -0.4 is 10.1 Å². The molecule has 0 fully saturated rings. The molecule has 0 heterocycles. The first kappa shape index (κ1) is 13.9. The standard InChI is InChI=1S/C16H18ClNO/c1-12-8-9-15(14(17)10-12)19-16(11-18-2)13-6-4-3-5-7-13/h3-10,16,18H,11H2,1-2H3. The van der Waals surface area contributed by atoms with E-state index in [2.05, 4.69) is 17.4 Å². The van der Waals surface area contributed by atoms with Gasteiger partial charge in [-0.25, -0.2) is 0 Å². The van der Waals surface area contributed by atoms with E-state index in [0.717, 1.165) is 23.4 Å². The van der Waals surface area contributed by atoms with E-state index < -0.39 is 0 Å².